The van der Waals surface area contributed by atoms with Gasteiger partial charge < -0.3 is 16.0 Å². The maximum Gasteiger partial charge on any atom is 0.221 e. The van der Waals surface area contributed by atoms with Crippen molar-refractivity contribution in [1.82, 2.24) is 10.2 Å². The first-order valence-corrected chi connectivity index (χ1v) is 5.33. The third-order valence-corrected chi connectivity index (χ3v) is 2.47. The Morgan fingerprint density at radius 1 is 1.57 bits per heavy atom. The summed E-state index contributed by atoms with van der Waals surface area (Å²) in [4.78, 5) is 13.6. The molecule has 0 saturated carbocycles. The van der Waals surface area contributed by atoms with Crippen molar-refractivity contribution in [3.05, 3.63) is 0 Å². The first-order chi connectivity index (χ1) is 6.61. The van der Waals surface area contributed by atoms with Crippen molar-refractivity contribution in [2.24, 2.45) is 11.7 Å². The van der Waals surface area contributed by atoms with Crippen LogP contribution in [0.25, 0.3) is 0 Å². The van der Waals surface area contributed by atoms with Crippen LogP contribution in [0.1, 0.15) is 20.3 Å². The summed E-state index contributed by atoms with van der Waals surface area (Å²) in [5.74, 6) is 0.805. The zero-order valence-electron chi connectivity index (χ0n) is 9.12. The molecule has 1 aliphatic rings. The normalized spacial score (nSPS) is 18.3. The Bertz CT molecular complexity index is 188. The molecule has 4 nitrogen and oxygen atoms in total. The number of carbonyl (C=O) groups is 1. The minimum Gasteiger partial charge on any atom is -0.354 e. The fourth-order valence-corrected chi connectivity index (χ4v) is 1.66. The van der Waals surface area contributed by atoms with Gasteiger partial charge in [-0.3, -0.25) is 4.79 Å². The second-order valence-corrected chi connectivity index (χ2v) is 4.33. The number of nitrogens with zero attached hydrogens (tertiary/aromatic N) is 1. The van der Waals surface area contributed by atoms with Crippen molar-refractivity contribution in [3.63, 3.8) is 0 Å². The quantitative estimate of drug-likeness (QED) is 0.644. The Morgan fingerprint density at radius 2 is 2.21 bits per heavy atom. The van der Waals surface area contributed by atoms with E-state index >= 15 is 0 Å². The molecule has 0 aromatic carbocycles. The van der Waals surface area contributed by atoms with Crippen molar-refractivity contribution in [2.45, 2.75) is 26.3 Å². The first-order valence-electron chi connectivity index (χ1n) is 5.33. The number of hydrogen-bond acceptors (Lipinski definition) is 3. The standard InChI is InChI=1S/C10H21N3O/c1-8(2)12-10(14)3-4-13-6-9(5-11)7-13/h8-9H,3-7,11H2,1-2H3,(H,12,14). The molecular weight excluding hydrogens is 178 g/mol. The third-order valence-electron chi connectivity index (χ3n) is 2.47. The molecular formula is C10H21N3O. The summed E-state index contributed by atoms with van der Waals surface area (Å²) in [6.45, 7) is 7.72. The van der Waals surface area contributed by atoms with Gasteiger partial charge in [0.05, 0.1) is 0 Å². The molecule has 0 atom stereocenters. The molecule has 14 heavy (non-hydrogen) atoms. The lowest BCUT2D eigenvalue weighted by Crippen LogP contribution is -2.50. The Kier molecular flexibility index (Phi) is 4.35. The predicted octanol–water partition coefficient (Wildman–Crippen LogP) is -0.208. The van der Waals surface area contributed by atoms with Crippen molar-refractivity contribution in [2.75, 3.05) is 26.2 Å². The van der Waals surface area contributed by atoms with E-state index in [2.05, 4.69) is 10.2 Å². The Balaban J connectivity index is 2.02. The summed E-state index contributed by atoms with van der Waals surface area (Å²) in [7, 11) is 0. The fraction of sp³-hybridized carbons (Fsp3) is 0.900. The molecule has 1 aliphatic heterocycles. The predicted molar refractivity (Wildman–Crippen MR) is 56.9 cm³/mol. The van der Waals surface area contributed by atoms with Gasteiger partial charge >= 0.3 is 0 Å². The Labute approximate surface area is 85.8 Å². The highest BCUT2D eigenvalue weighted by Crippen LogP contribution is 2.13. The molecule has 4 heteroatoms. The Morgan fingerprint density at radius 3 is 2.71 bits per heavy atom. The van der Waals surface area contributed by atoms with Crippen LogP contribution in [0, 0.1) is 5.92 Å². The average Bonchev–Trinajstić information content (AvgIpc) is 2.00. The lowest BCUT2D eigenvalue weighted by molar-refractivity contribution is -0.122. The first kappa shape index (κ1) is 11.5. The average molecular weight is 199 g/mol. The lowest BCUT2D eigenvalue weighted by atomic mass is 10.0. The van der Waals surface area contributed by atoms with Crippen molar-refractivity contribution in [3.8, 4) is 0 Å². The van der Waals surface area contributed by atoms with Crippen molar-refractivity contribution >= 4 is 5.91 Å². The molecule has 0 bridgehead atoms. The molecule has 1 rings (SSSR count). The van der Waals surface area contributed by atoms with E-state index in [1.54, 1.807) is 0 Å². The Hall–Kier alpha value is -0.610. The van der Waals surface area contributed by atoms with Crippen molar-refractivity contribution in [1.29, 1.82) is 0 Å². The van der Waals surface area contributed by atoms with Gasteiger partial charge in [0.15, 0.2) is 0 Å². The van der Waals surface area contributed by atoms with E-state index in [0.717, 1.165) is 26.2 Å². The van der Waals surface area contributed by atoms with E-state index in [9.17, 15) is 4.79 Å². The number of nitrogens with two attached hydrogens (primary N) is 1. The van der Waals surface area contributed by atoms with Crippen LogP contribution in [-0.2, 0) is 4.79 Å². The van der Waals surface area contributed by atoms with E-state index in [0.29, 0.717) is 12.3 Å². The summed E-state index contributed by atoms with van der Waals surface area (Å²) in [6.07, 6.45) is 0.607. The summed E-state index contributed by atoms with van der Waals surface area (Å²) in [5.41, 5.74) is 5.51. The summed E-state index contributed by atoms with van der Waals surface area (Å²) in [6, 6.07) is 0.246. The van der Waals surface area contributed by atoms with Gasteiger partial charge in [0.1, 0.15) is 0 Å². The zero-order chi connectivity index (χ0) is 10.6. The van der Waals surface area contributed by atoms with Gasteiger partial charge in [0.2, 0.25) is 5.91 Å². The lowest BCUT2D eigenvalue weighted by Gasteiger charge is -2.38. The largest absolute Gasteiger partial charge is 0.354 e. The highest BCUT2D eigenvalue weighted by molar-refractivity contribution is 5.76. The van der Waals surface area contributed by atoms with Crippen LogP contribution in [0.15, 0.2) is 0 Å². The number of rotatable bonds is 5. The maximum atomic E-state index is 11.3. The third kappa shape index (κ3) is 3.64. The molecule has 1 saturated heterocycles. The molecule has 1 heterocycles. The van der Waals surface area contributed by atoms with E-state index in [4.69, 9.17) is 5.73 Å². The fourth-order valence-electron chi connectivity index (χ4n) is 1.66. The molecule has 0 spiro atoms. The molecule has 1 amide bonds. The molecule has 3 N–H and O–H groups in total. The van der Waals surface area contributed by atoms with Gasteiger partial charge in [-0.2, -0.15) is 0 Å². The van der Waals surface area contributed by atoms with Gasteiger partial charge in [0, 0.05) is 32.1 Å². The van der Waals surface area contributed by atoms with Gasteiger partial charge in [-0.05, 0) is 26.3 Å². The second-order valence-electron chi connectivity index (χ2n) is 4.33. The molecule has 1 fully saturated rings. The van der Waals surface area contributed by atoms with Gasteiger partial charge in [-0.1, -0.05) is 0 Å². The van der Waals surface area contributed by atoms with E-state index in [-0.39, 0.29) is 11.9 Å². The van der Waals surface area contributed by atoms with Crippen LogP contribution >= 0.6 is 0 Å². The molecule has 0 aromatic rings. The maximum absolute atomic E-state index is 11.3. The van der Waals surface area contributed by atoms with Crippen LogP contribution in [0.4, 0.5) is 0 Å². The van der Waals surface area contributed by atoms with Gasteiger partial charge in [0.25, 0.3) is 0 Å². The van der Waals surface area contributed by atoms with Crippen LogP contribution in [-0.4, -0.2) is 43.0 Å². The monoisotopic (exact) mass is 199 g/mol. The number of amides is 1. The van der Waals surface area contributed by atoms with Crippen LogP contribution in [0.5, 0.6) is 0 Å². The minimum atomic E-state index is 0.149. The van der Waals surface area contributed by atoms with Crippen LogP contribution in [0.3, 0.4) is 0 Å². The smallest absolute Gasteiger partial charge is 0.221 e. The highest BCUT2D eigenvalue weighted by atomic mass is 16.1. The summed E-state index contributed by atoms with van der Waals surface area (Å²) in [5, 5.41) is 2.88. The zero-order valence-corrected chi connectivity index (χ0v) is 9.12. The highest BCUT2D eigenvalue weighted by Gasteiger charge is 2.24. The van der Waals surface area contributed by atoms with Gasteiger partial charge in [-0.25, -0.2) is 0 Å². The SMILES string of the molecule is CC(C)NC(=O)CCN1CC(CN)C1. The number of likely N-dealkylation sites (tertiary alicyclic amines) is 1. The van der Waals surface area contributed by atoms with E-state index in [1.165, 1.54) is 0 Å². The topological polar surface area (TPSA) is 58.4 Å². The second kappa shape index (κ2) is 5.32. The van der Waals surface area contributed by atoms with Crippen LogP contribution < -0.4 is 11.1 Å². The number of carbonyl (C=O) groups excluding carboxylic acids is 1. The number of hydrogen-bond donors (Lipinski definition) is 2. The molecule has 0 radical (unpaired) electrons. The van der Waals surface area contributed by atoms with E-state index in [1.807, 2.05) is 13.8 Å². The minimum absolute atomic E-state index is 0.149. The molecule has 0 aliphatic carbocycles. The molecule has 0 aromatic heterocycles. The van der Waals surface area contributed by atoms with Crippen molar-refractivity contribution < 1.29 is 4.79 Å². The van der Waals surface area contributed by atoms with Gasteiger partial charge in [-0.15, -0.1) is 0 Å². The van der Waals surface area contributed by atoms with Crippen LogP contribution in [0.2, 0.25) is 0 Å². The summed E-state index contributed by atoms with van der Waals surface area (Å²) < 4.78 is 0. The molecule has 82 valence electrons. The molecule has 0 unspecified atom stereocenters. The summed E-state index contributed by atoms with van der Waals surface area (Å²) >= 11 is 0. The van der Waals surface area contributed by atoms with E-state index < -0.39 is 0 Å². The number of nitrogens with one attached hydrogen (secondary N) is 1.